The average molecular weight is 397 g/mol. The van der Waals surface area contributed by atoms with E-state index in [1.807, 2.05) is 0 Å². The molecule has 138 valence electrons. The van der Waals surface area contributed by atoms with Crippen LogP contribution in [0.2, 0.25) is 0 Å². The predicted molar refractivity (Wildman–Crippen MR) is 77.1 cm³/mol. The Kier molecular flexibility index (Phi) is 5.79. The number of phosphoric ester groups is 1. The van der Waals surface area contributed by atoms with Gasteiger partial charge in [-0.3, -0.25) is 0 Å². The number of nitrogen functional groups attached to an aromatic ring is 1. The van der Waals surface area contributed by atoms with Gasteiger partial charge < -0.3 is 24.6 Å². The van der Waals surface area contributed by atoms with Crippen LogP contribution in [0.5, 0.6) is 0 Å². The number of alkyl halides is 3. The standard InChI is InChI=1S/C12H14F3N4O4PS/c1-7-9(2-3-23-24(20,21)22)25-6-19(7)5-8-4-17-11(12(13,14)15)18-10(8)16/h4,6H,2-3,5H2,1H3,(H3-,16,17,18,20,21,22)/p-1. The zero-order chi connectivity index (χ0) is 18.8. The molecule has 2 aromatic rings. The molecule has 0 atom stereocenters. The quantitative estimate of drug-likeness (QED) is 0.544. The molecule has 0 fully saturated rings. The van der Waals surface area contributed by atoms with Gasteiger partial charge in [0.05, 0.1) is 24.9 Å². The first kappa shape index (κ1) is 19.7. The molecule has 2 heterocycles. The van der Waals surface area contributed by atoms with Gasteiger partial charge in [0.1, 0.15) is 5.82 Å². The molecule has 0 saturated heterocycles. The first-order valence-corrected chi connectivity index (χ1v) is 9.13. The summed E-state index contributed by atoms with van der Waals surface area (Å²) in [6, 6.07) is 0. The van der Waals surface area contributed by atoms with Crippen molar-refractivity contribution in [3.63, 3.8) is 0 Å². The second-order valence-corrected chi connectivity index (χ2v) is 7.08. The summed E-state index contributed by atoms with van der Waals surface area (Å²) in [7, 11) is -5.02. The van der Waals surface area contributed by atoms with Crippen molar-refractivity contribution >= 4 is 25.0 Å². The maximum atomic E-state index is 12.5. The first-order chi connectivity index (χ1) is 11.5. The summed E-state index contributed by atoms with van der Waals surface area (Å²) in [6.07, 6.45) is -3.45. The molecule has 0 aliphatic rings. The number of hydrogen-bond donors (Lipinski definition) is 1. The number of aromatic nitrogens is 3. The number of phosphoric acid groups is 1. The number of nitrogens with zero attached hydrogens (tertiary/aromatic N) is 3. The van der Waals surface area contributed by atoms with Crippen molar-refractivity contribution in [2.45, 2.75) is 26.1 Å². The lowest BCUT2D eigenvalue weighted by molar-refractivity contribution is -0.689. The Morgan fingerprint density at radius 3 is 2.68 bits per heavy atom. The van der Waals surface area contributed by atoms with E-state index in [0.717, 1.165) is 16.8 Å². The minimum Gasteiger partial charge on any atom is -0.790 e. The molecular weight excluding hydrogens is 384 g/mol. The lowest BCUT2D eigenvalue weighted by Gasteiger charge is -2.28. The minimum atomic E-state index is -5.02. The van der Waals surface area contributed by atoms with Crippen LogP contribution in [0.1, 0.15) is 22.0 Å². The third-order valence-corrected chi connectivity index (χ3v) is 4.87. The number of anilines is 1. The molecule has 0 aliphatic carbocycles. The third-order valence-electron chi connectivity index (χ3n) is 3.23. The number of rotatable bonds is 6. The Morgan fingerprint density at radius 2 is 2.12 bits per heavy atom. The van der Waals surface area contributed by atoms with Gasteiger partial charge in [0.2, 0.25) is 11.3 Å². The summed E-state index contributed by atoms with van der Waals surface area (Å²) < 4.78 is 53.9. The Hall–Kier alpha value is -1.59. The van der Waals surface area contributed by atoms with Crippen LogP contribution >= 0.6 is 19.2 Å². The number of hydrogen-bond acceptors (Lipinski definition) is 8. The van der Waals surface area contributed by atoms with E-state index < -0.39 is 19.8 Å². The molecule has 2 rings (SSSR count). The van der Waals surface area contributed by atoms with E-state index in [0.29, 0.717) is 5.56 Å². The van der Waals surface area contributed by atoms with Crippen LogP contribution in [0, 0.1) is 6.92 Å². The molecule has 0 spiro atoms. The predicted octanol–water partition coefficient (Wildman–Crippen LogP) is 0.171. The molecule has 2 aromatic heterocycles. The highest BCUT2D eigenvalue weighted by atomic mass is 32.1. The minimum absolute atomic E-state index is 0.148. The SMILES string of the molecule is Cc1c(CCOP(=O)([O-])[O-])sc[n+]1Cc1cnc(C(F)(F)F)nc1N. The van der Waals surface area contributed by atoms with Gasteiger partial charge in [-0.15, -0.1) is 0 Å². The summed E-state index contributed by atoms with van der Waals surface area (Å²) in [5.74, 6) is -1.58. The van der Waals surface area contributed by atoms with Crippen LogP contribution < -0.4 is 20.1 Å². The van der Waals surface area contributed by atoms with Gasteiger partial charge in [0.15, 0.2) is 12.2 Å². The topological polar surface area (TPSA) is 128 Å². The number of thiazole rings is 1. The number of halogens is 3. The molecule has 0 radical (unpaired) electrons. The van der Waals surface area contributed by atoms with Gasteiger partial charge in [-0.25, -0.2) is 9.97 Å². The fourth-order valence-electron chi connectivity index (χ4n) is 1.96. The first-order valence-electron chi connectivity index (χ1n) is 6.79. The highest BCUT2D eigenvalue weighted by Crippen LogP contribution is 2.27. The monoisotopic (exact) mass is 397 g/mol. The molecule has 8 nitrogen and oxygen atoms in total. The zero-order valence-electron chi connectivity index (χ0n) is 12.8. The maximum Gasteiger partial charge on any atom is 0.451 e. The Morgan fingerprint density at radius 1 is 1.44 bits per heavy atom. The zero-order valence-corrected chi connectivity index (χ0v) is 14.5. The van der Waals surface area contributed by atoms with Crippen LogP contribution in [-0.4, -0.2) is 16.6 Å². The molecule has 0 aromatic carbocycles. The van der Waals surface area contributed by atoms with Crippen molar-refractivity contribution in [2.75, 3.05) is 12.3 Å². The van der Waals surface area contributed by atoms with Crippen LogP contribution in [0.4, 0.5) is 19.0 Å². The van der Waals surface area contributed by atoms with Gasteiger partial charge >= 0.3 is 6.18 Å². The van der Waals surface area contributed by atoms with Gasteiger partial charge in [-0.2, -0.15) is 17.7 Å². The van der Waals surface area contributed by atoms with Crippen molar-refractivity contribution < 1.29 is 36.6 Å². The van der Waals surface area contributed by atoms with E-state index in [-0.39, 0.29) is 25.4 Å². The van der Waals surface area contributed by atoms with E-state index in [4.69, 9.17) is 5.73 Å². The lowest BCUT2D eigenvalue weighted by atomic mass is 10.2. The molecule has 0 aliphatic heterocycles. The fraction of sp³-hybridized carbons (Fsp3) is 0.417. The fourth-order valence-corrected chi connectivity index (χ4v) is 3.25. The summed E-state index contributed by atoms with van der Waals surface area (Å²) in [5.41, 5.74) is 8.31. The molecule has 0 saturated carbocycles. The molecule has 13 heteroatoms. The molecule has 0 bridgehead atoms. The van der Waals surface area contributed by atoms with Gasteiger partial charge in [0, 0.05) is 19.5 Å². The largest absolute Gasteiger partial charge is 0.790 e. The highest BCUT2D eigenvalue weighted by molar-refractivity contribution is 7.43. The van der Waals surface area contributed by atoms with E-state index in [1.165, 1.54) is 11.3 Å². The van der Waals surface area contributed by atoms with Crippen LogP contribution in [0.15, 0.2) is 11.7 Å². The molecule has 0 unspecified atom stereocenters. The maximum absolute atomic E-state index is 12.5. The summed E-state index contributed by atoms with van der Waals surface area (Å²) in [6.45, 7) is 1.60. The van der Waals surface area contributed by atoms with E-state index in [1.54, 1.807) is 17.0 Å². The Labute approximate surface area is 144 Å². The Bertz CT molecular complexity index is 808. The van der Waals surface area contributed by atoms with Crippen molar-refractivity contribution in [3.8, 4) is 0 Å². The van der Waals surface area contributed by atoms with Crippen LogP contribution in [0.3, 0.4) is 0 Å². The lowest BCUT2D eigenvalue weighted by Crippen LogP contribution is -2.35. The second-order valence-electron chi connectivity index (χ2n) is 4.99. The van der Waals surface area contributed by atoms with Crippen molar-refractivity contribution in [3.05, 3.63) is 33.7 Å². The average Bonchev–Trinajstić information content (AvgIpc) is 2.80. The molecule has 25 heavy (non-hydrogen) atoms. The molecule has 2 N–H and O–H groups in total. The normalized spacial score (nSPS) is 12.6. The van der Waals surface area contributed by atoms with Crippen LogP contribution in [-0.2, 0) is 28.2 Å². The summed E-state index contributed by atoms with van der Waals surface area (Å²) in [5, 5.41) is 0. The molecular formula is C12H13F3N4O4PS-. The third kappa shape index (κ3) is 5.44. The van der Waals surface area contributed by atoms with Gasteiger partial charge in [-0.05, 0) is 0 Å². The van der Waals surface area contributed by atoms with E-state index in [9.17, 15) is 27.5 Å². The van der Waals surface area contributed by atoms with Crippen molar-refractivity contribution in [1.29, 1.82) is 0 Å². The molecule has 0 amide bonds. The van der Waals surface area contributed by atoms with E-state index >= 15 is 0 Å². The van der Waals surface area contributed by atoms with Crippen molar-refractivity contribution in [1.82, 2.24) is 9.97 Å². The summed E-state index contributed by atoms with van der Waals surface area (Å²) >= 11 is 1.29. The van der Waals surface area contributed by atoms with Gasteiger partial charge in [0.25, 0.3) is 0 Å². The van der Waals surface area contributed by atoms with Gasteiger partial charge in [-0.1, -0.05) is 11.3 Å². The van der Waals surface area contributed by atoms with Crippen LogP contribution in [0.25, 0.3) is 0 Å². The second kappa shape index (κ2) is 7.34. The summed E-state index contributed by atoms with van der Waals surface area (Å²) in [4.78, 5) is 28.2. The number of nitrogens with two attached hydrogens (primary N) is 1. The van der Waals surface area contributed by atoms with E-state index in [2.05, 4.69) is 14.5 Å². The Balaban J connectivity index is 2.10. The smallest absolute Gasteiger partial charge is 0.451 e. The highest BCUT2D eigenvalue weighted by Gasteiger charge is 2.35. The van der Waals surface area contributed by atoms with Crippen molar-refractivity contribution in [2.24, 2.45) is 0 Å².